The highest BCUT2D eigenvalue weighted by atomic mass is 15.3. The van der Waals surface area contributed by atoms with Gasteiger partial charge in [-0.2, -0.15) is 0 Å². The Labute approximate surface area is 116 Å². The van der Waals surface area contributed by atoms with Crippen molar-refractivity contribution in [2.24, 2.45) is 0 Å². The van der Waals surface area contributed by atoms with E-state index in [0.717, 1.165) is 50.5 Å². The zero-order chi connectivity index (χ0) is 13.7. The van der Waals surface area contributed by atoms with Crippen molar-refractivity contribution >= 4 is 0 Å². The Morgan fingerprint density at radius 1 is 1.26 bits per heavy atom. The molecule has 1 atom stereocenters. The molecule has 0 aliphatic carbocycles. The van der Waals surface area contributed by atoms with Gasteiger partial charge in [-0.1, -0.05) is 6.92 Å². The number of aromatic nitrogens is 2. The highest BCUT2D eigenvalue weighted by Crippen LogP contribution is 2.10. The molecule has 2 heterocycles. The van der Waals surface area contributed by atoms with E-state index < -0.39 is 0 Å². The molecule has 1 N–H and O–H groups in total. The fraction of sp³-hybridized carbons (Fsp3) is 0.714. The van der Waals surface area contributed by atoms with Gasteiger partial charge in [0.1, 0.15) is 5.82 Å². The Bertz CT molecular complexity index is 378. The Kier molecular flexibility index (Phi) is 5.24. The van der Waals surface area contributed by atoms with E-state index in [4.69, 9.17) is 0 Å². The van der Waals surface area contributed by atoms with E-state index in [9.17, 15) is 0 Å². The van der Waals surface area contributed by atoms with E-state index in [2.05, 4.69) is 46.1 Å². The number of nitrogens with zero attached hydrogens (tertiary/aromatic N) is 4. The first-order chi connectivity index (χ1) is 9.19. The molecule has 1 aliphatic heterocycles. The zero-order valence-electron chi connectivity index (χ0n) is 12.3. The van der Waals surface area contributed by atoms with Gasteiger partial charge in [-0.15, -0.1) is 0 Å². The van der Waals surface area contributed by atoms with Crippen molar-refractivity contribution in [1.82, 2.24) is 25.1 Å². The van der Waals surface area contributed by atoms with Crippen LogP contribution in [0.1, 0.15) is 18.3 Å². The quantitative estimate of drug-likeness (QED) is 0.832. The van der Waals surface area contributed by atoms with Crippen molar-refractivity contribution in [1.29, 1.82) is 0 Å². The van der Waals surface area contributed by atoms with Gasteiger partial charge in [0.2, 0.25) is 0 Å². The smallest absolute Gasteiger partial charge is 0.129 e. The van der Waals surface area contributed by atoms with Crippen LogP contribution in [0.25, 0.3) is 0 Å². The maximum atomic E-state index is 4.49. The van der Waals surface area contributed by atoms with Crippen molar-refractivity contribution in [2.75, 3.05) is 40.3 Å². The minimum Gasteiger partial charge on any atom is -0.313 e. The molecule has 0 aromatic carbocycles. The normalized spacial score (nSPS) is 21.7. The molecule has 106 valence electrons. The number of nitrogens with one attached hydrogen (secondary N) is 1. The number of likely N-dealkylation sites (N-methyl/N-ethyl adjacent to an activating group) is 2. The molecule has 0 saturated carbocycles. The molecular weight excluding hydrogens is 238 g/mol. The van der Waals surface area contributed by atoms with Crippen LogP contribution in [0.2, 0.25) is 0 Å². The second kappa shape index (κ2) is 6.93. The van der Waals surface area contributed by atoms with Gasteiger partial charge in [0.05, 0.1) is 0 Å². The van der Waals surface area contributed by atoms with E-state index in [-0.39, 0.29) is 0 Å². The standard InChI is InChI=1S/C14H25N5/c1-4-15-8-12-9-16-14(17-10-12)7-13-11-18(2)5-6-19(13)3/h9-10,13,15H,4-8,11H2,1-3H3. The first-order valence-electron chi connectivity index (χ1n) is 7.08. The van der Waals surface area contributed by atoms with E-state index in [1.807, 2.05) is 12.4 Å². The van der Waals surface area contributed by atoms with E-state index in [0.29, 0.717) is 6.04 Å². The average Bonchev–Trinajstić information content (AvgIpc) is 2.42. The molecule has 0 bridgehead atoms. The third-order valence-electron chi connectivity index (χ3n) is 3.74. The Hall–Kier alpha value is -1.04. The van der Waals surface area contributed by atoms with Crippen LogP contribution in [0, 0.1) is 0 Å². The summed E-state index contributed by atoms with van der Waals surface area (Å²) in [6.45, 7) is 7.29. The monoisotopic (exact) mass is 263 g/mol. The summed E-state index contributed by atoms with van der Waals surface area (Å²) < 4.78 is 0. The zero-order valence-corrected chi connectivity index (χ0v) is 12.3. The predicted octanol–water partition coefficient (Wildman–Crippen LogP) is 0.374. The van der Waals surface area contributed by atoms with Crippen LogP contribution >= 0.6 is 0 Å². The molecule has 0 radical (unpaired) electrons. The highest BCUT2D eigenvalue weighted by molar-refractivity contribution is 5.06. The van der Waals surface area contributed by atoms with Crippen LogP contribution in [0.3, 0.4) is 0 Å². The third kappa shape index (κ3) is 4.23. The van der Waals surface area contributed by atoms with Gasteiger partial charge in [0.15, 0.2) is 0 Å². The topological polar surface area (TPSA) is 44.3 Å². The van der Waals surface area contributed by atoms with Crippen molar-refractivity contribution in [3.63, 3.8) is 0 Å². The summed E-state index contributed by atoms with van der Waals surface area (Å²) in [6.07, 6.45) is 4.82. The van der Waals surface area contributed by atoms with Gasteiger partial charge in [-0.25, -0.2) is 9.97 Å². The molecule has 1 aromatic rings. The third-order valence-corrected chi connectivity index (χ3v) is 3.74. The van der Waals surface area contributed by atoms with Crippen molar-refractivity contribution in [3.05, 3.63) is 23.8 Å². The molecule has 1 aromatic heterocycles. The first-order valence-corrected chi connectivity index (χ1v) is 7.08. The maximum absolute atomic E-state index is 4.49. The van der Waals surface area contributed by atoms with Gasteiger partial charge >= 0.3 is 0 Å². The largest absolute Gasteiger partial charge is 0.313 e. The summed E-state index contributed by atoms with van der Waals surface area (Å²) in [7, 11) is 4.37. The molecular formula is C14H25N5. The number of piperazine rings is 1. The maximum Gasteiger partial charge on any atom is 0.129 e. The average molecular weight is 263 g/mol. The summed E-state index contributed by atoms with van der Waals surface area (Å²) in [5, 5.41) is 3.28. The lowest BCUT2D eigenvalue weighted by Crippen LogP contribution is -2.50. The summed E-state index contributed by atoms with van der Waals surface area (Å²) in [5.41, 5.74) is 1.15. The minimum absolute atomic E-state index is 0.526. The van der Waals surface area contributed by atoms with E-state index in [1.54, 1.807) is 0 Å². The van der Waals surface area contributed by atoms with Crippen LogP contribution in [0.4, 0.5) is 0 Å². The molecule has 1 fully saturated rings. The highest BCUT2D eigenvalue weighted by Gasteiger charge is 2.23. The fourth-order valence-electron chi connectivity index (χ4n) is 2.38. The number of hydrogen-bond donors (Lipinski definition) is 1. The first kappa shape index (κ1) is 14.4. The van der Waals surface area contributed by atoms with E-state index >= 15 is 0 Å². The summed E-state index contributed by atoms with van der Waals surface area (Å²) >= 11 is 0. The second-order valence-corrected chi connectivity index (χ2v) is 5.39. The Balaban J connectivity index is 1.91. The van der Waals surface area contributed by atoms with Gasteiger partial charge in [-0.3, -0.25) is 0 Å². The number of hydrogen-bond acceptors (Lipinski definition) is 5. The van der Waals surface area contributed by atoms with Crippen LogP contribution in [0.5, 0.6) is 0 Å². The molecule has 2 rings (SSSR count). The summed E-state index contributed by atoms with van der Waals surface area (Å²) in [5.74, 6) is 0.951. The molecule has 1 saturated heterocycles. The fourth-order valence-corrected chi connectivity index (χ4v) is 2.38. The predicted molar refractivity (Wildman–Crippen MR) is 77.0 cm³/mol. The van der Waals surface area contributed by atoms with Crippen LogP contribution in [-0.4, -0.2) is 66.1 Å². The molecule has 5 nitrogen and oxygen atoms in total. The molecule has 0 spiro atoms. The summed E-state index contributed by atoms with van der Waals surface area (Å²) in [6, 6.07) is 0.526. The van der Waals surface area contributed by atoms with Gasteiger partial charge in [-0.05, 0) is 20.6 Å². The molecule has 5 heteroatoms. The van der Waals surface area contributed by atoms with E-state index in [1.165, 1.54) is 0 Å². The van der Waals surface area contributed by atoms with Gasteiger partial charge < -0.3 is 15.1 Å². The van der Waals surface area contributed by atoms with Crippen LogP contribution in [0.15, 0.2) is 12.4 Å². The van der Waals surface area contributed by atoms with Crippen LogP contribution in [-0.2, 0) is 13.0 Å². The molecule has 1 aliphatic rings. The summed E-state index contributed by atoms with van der Waals surface area (Å²) in [4.78, 5) is 13.8. The lowest BCUT2D eigenvalue weighted by Gasteiger charge is -2.37. The SMILES string of the molecule is CCNCc1cnc(CC2CN(C)CCN2C)nc1. The number of rotatable bonds is 5. The Morgan fingerprint density at radius 2 is 2.00 bits per heavy atom. The lowest BCUT2D eigenvalue weighted by atomic mass is 10.1. The second-order valence-electron chi connectivity index (χ2n) is 5.39. The van der Waals surface area contributed by atoms with Crippen molar-refractivity contribution in [2.45, 2.75) is 25.9 Å². The molecule has 0 amide bonds. The molecule has 1 unspecified atom stereocenters. The van der Waals surface area contributed by atoms with Gasteiger partial charge in [0, 0.05) is 56.6 Å². The van der Waals surface area contributed by atoms with Gasteiger partial charge in [0.25, 0.3) is 0 Å². The van der Waals surface area contributed by atoms with Crippen molar-refractivity contribution < 1.29 is 0 Å². The van der Waals surface area contributed by atoms with Crippen molar-refractivity contribution in [3.8, 4) is 0 Å². The lowest BCUT2D eigenvalue weighted by molar-refractivity contribution is 0.113. The minimum atomic E-state index is 0.526. The van der Waals surface area contributed by atoms with Crippen LogP contribution < -0.4 is 5.32 Å². The Morgan fingerprint density at radius 3 is 2.68 bits per heavy atom. The molecule has 19 heavy (non-hydrogen) atoms.